The Bertz CT molecular complexity index is 303. The highest BCUT2D eigenvalue weighted by molar-refractivity contribution is 5.66. The van der Waals surface area contributed by atoms with Crippen molar-refractivity contribution >= 4 is 5.97 Å². The first-order chi connectivity index (χ1) is 6.38. The minimum atomic E-state index is -0.159. The molecule has 0 unspecified atom stereocenters. The van der Waals surface area contributed by atoms with Gasteiger partial charge in [-0.2, -0.15) is 0 Å². The number of esters is 1. The number of rotatable bonds is 1. The molecule has 14 heavy (non-hydrogen) atoms. The zero-order chi connectivity index (χ0) is 10.6. The van der Waals surface area contributed by atoms with E-state index in [0.29, 0.717) is 5.92 Å². The maximum absolute atomic E-state index is 11.0. The summed E-state index contributed by atoms with van der Waals surface area (Å²) in [4.78, 5) is 11.0. The molecule has 1 saturated carbocycles. The molecule has 0 N–H and O–H groups in total. The Kier molecular flexibility index (Phi) is 1.82. The summed E-state index contributed by atoms with van der Waals surface area (Å²) in [5, 5.41) is 0. The highest BCUT2D eigenvalue weighted by atomic mass is 16.5. The molecule has 0 aliphatic heterocycles. The van der Waals surface area contributed by atoms with Crippen molar-refractivity contribution in [2.45, 2.75) is 40.2 Å². The minimum Gasteiger partial charge on any atom is -0.462 e. The van der Waals surface area contributed by atoms with Crippen LogP contribution in [0.1, 0.15) is 34.1 Å². The van der Waals surface area contributed by atoms with Crippen LogP contribution in [0.2, 0.25) is 0 Å². The van der Waals surface area contributed by atoms with Crippen LogP contribution >= 0.6 is 0 Å². The Labute approximate surface area is 85.3 Å². The van der Waals surface area contributed by atoms with Gasteiger partial charge >= 0.3 is 5.97 Å². The molecule has 1 fully saturated rings. The average Bonchev–Trinajstić information content (AvgIpc) is 2.35. The molecule has 2 nitrogen and oxygen atoms in total. The maximum atomic E-state index is 11.0. The molecule has 0 spiro atoms. The minimum absolute atomic E-state index is 0.0311. The lowest BCUT2D eigenvalue weighted by Gasteiger charge is -2.37. The predicted molar refractivity (Wildman–Crippen MR) is 54.7 cm³/mol. The smallest absolute Gasteiger partial charge is 0.302 e. The highest BCUT2D eigenvalue weighted by Crippen LogP contribution is 2.62. The first-order valence-corrected chi connectivity index (χ1v) is 5.24. The standard InChI is InChI=1S/C12H18O2/c1-8(13)14-10-7-9-5-6-12(10,4)11(9,2)3/h5-6,9-10H,7H2,1-4H3/t9-,10-,12+/m1/s1. The van der Waals surface area contributed by atoms with Gasteiger partial charge in [0.15, 0.2) is 0 Å². The molecule has 0 heterocycles. The van der Waals surface area contributed by atoms with Gasteiger partial charge in [-0.3, -0.25) is 4.79 Å². The first kappa shape index (κ1) is 9.75. The Morgan fingerprint density at radius 2 is 2.07 bits per heavy atom. The fraction of sp³-hybridized carbons (Fsp3) is 0.750. The van der Waals surface area contributed by atoms with E-state index in [1.54, 1.807) is 0 Å². The molecule has 2 aliphatic carbocycles. The van der Waals surface area contributed by atoms with Gasteiger partial charge in [0.25, 0.3) is 0 Å². The summed E-state index contributed by atoms with van der Waals surface area (Å²) in [6.07, 6.45) is 5.57. The van der Waals surface area contributed by atoms with Crippen LogP contribution in [0, 0.1) is 16.7 Å². The number of allylic oxidation sites excluding steroid dienone is 1. The summed E-state index contributed by atoms with van der Waals surface area (Å²) >= 11 is 0. The molecule has 2 bridgehead atoms. The maximum Gasteiger partial charge on any atom is 0.302 e. The number of carbonyl (C=O) groups excluding carboxylic acids is 1. The van der Waals surface area contributed by atoms with Crippen LogP contribution in [0.4, 0.5) is 0 Å². The summed E-state index contributed by atoms with van der Waals surface area (Å²) < 4.78 is 5.39. The molecule has 2 aliphatic rings. The average molecular weight is 194 g/mol. The number of hydrogen-bond donors (Lipinski definition) is 0. The Morgan fingerprint density at radius 3 is 2.43 bits per heavy atom. The van der Waals surface area contributed by atoms with E-state index in [9.17, 15) is 4.79 Å². The summed E-state index contributed by atoms with van der Waals surface area (Å²) in [6, 6.07) is 0. The third-order valence-electron chi connectivity index (χ3n) is 4.44. The largest absolute Gasteiger partial charge is 0.462 e. The zero-order valence-electron chi connectivity index (χ0n) is 9.33. The van der Waals surface area contributed by atoms with Gasteiger partial charge < -0.3 is 4.74 Å². The lowest BCUT2D eigenvalue weighted by Crippen LogP contribution is -2.37. The van der Waals surface area contributed by atoms with Gasteiger partial charge in [-0.15, -0.1) is 0 Å². The predicted octanol–water partition coefficient (Wildman–Crippen LogP) is 2.54. The summed E-state index contributed by atoms with van der Waals surface area (Å²) in [5.41, 5.74) is 0.260. The van der Waals surface area contributed by atoms with Gasteiger partial charge in [-0.25, -0.2) is 0 Å². The second-order valence-corrected chi connectivity index (χ2v) is 5.30. The Hall–Kier alpha value is -0.790. The van der Waals surface area contributed by atoms with Crippen molar-refractivity contribution in [2.75, 3.05) is 0 Å². The number of fused-ring (bicyclic) bond motifs is 2. The molecule has 78 valence electrons. The van der Waals surface area contributed by atoms with Crippen LogP contribution in [0.5, 0.6) is 0 Å². The van der Waals surface area contributed by atoms with E-state index in [2.05, 4.69) is 32.9 Å². The summed E-state index contributed by atoms with van der Waals surface area (Å²) in [5.74, 6) is 0.407. The van der Waals surface area contributed by atoms with E-state index >= 15 is 0 Å². The van der Waals surface area contributed by atoms with Gasteiger partial charge in [0, 0.05) is 12.3 Å². The van der Waals surface area contributed by atoms with E-state index in [4.69, 9.17) is 4.74 Å². The highest BCUT2D eigenvalue weighted by Gasteiger charge is 2.60. The van der Waals surface area contributed by atoms with Gasteiger partial charge in [-0.05, 0) is 17.8 Å². The second-order valence-electron chi connectivity index (χ2n) is 5.30. The van der Waals surface area contributed by atoms with E-state index in [1.807, 2.05) is 0 Å². The van der Waals surface area contributed by atoms with Gasteiger partial charge in [-0.1, -0.05) is 32.9 Å². The van der Waals surface area contributed by atoms with Crippen molar-refractivity contribution < 1.29 is 9.53 Å². The fourth-order valence-electron chi connectivity index (χ4n) is 2.91. The van der Waals surface area contributed by atoms with Gasteiger partial charge in [0.2, 0.25) is 0 Å². The van der Waals surface area contributed by atoms with Crippen LogP contribution in [-0.4, -0.2) is 12.1 Å². The molecule has 3 atom stereocenters. The number of carbonyl (C=O) groups is 1. The van der Waals surface area contributed by atoms with Crippen molar-refractivity contribution in [1.29, 1.82) is 0 Å². The molecule has 0 aromatic rings. The quantitative estimate of drug-likeness (QED) is 0.473. The third-order valence-corrected chi connectivity index (χ3v) is 4.44. The van der Waals surface area contributed by atoms with Crippen molar-refractivity contribution in [2.24, 2.45) is 16.7 Å². The normalized spacial score (nSPS) is 42.9. The molecule has 2 heteroatoms. The van der Waals surface area contributed by atoms with Crippen LogP contribution < -0.4 is 0 Å². The van der Waals surface area contributed by atoms with Crippen molar-refractivity contribution in [3.05, 3.63) is 12.2 Å². The first-order valence-electron chi connectivity index (χ1n) is 5.24. The molecule has 2 rings (SSSR count). The van der Waals surface area contributed by atoms with Crippen molar-refractivity contribution in [1.82, 2.24) is 0 Å². The fourth-order valence-corrected chi connectivity index (χ4v) is 2.91. The molecule has 0 amide bonds. The summed E-state index contributed by atoms with van der Waals surface area (Å²) in [6.45, 7) is 8.22. The lowest BCUT2D eigenvalue weighted by atomic mass is 9.70. The van der Waals surface area contributed by atoms with E-state index in [-0.39, 0.29) is 22.9 Å². The molecule has 0 radical (unpaired) electrons. The molecular weight excluding hydrogens is 176 g/mol. The van der Waals surface area contributed by atoms with E-state index in [1.165, 1.54) is 6.92 Å². The van der Waals surface area contributed by atoms with E-state index < -0.39 is 0 Å². The zero-order valence-corrected chi connectivity index (χ0v) is 9.33. The topological polar surface area (TPSA) is 26.3 Å². The van der Waals surface area contributed by atoms with Crippen LogP contribution in [0.25, 0.3) is 0 Å². The van der Waals surface area contributed by atoms with Crippen LogP contribution in [0.15, 0.2) is 12.2 Å². The third kappa shape index (κ3) is 0.999. The van der Waals surface area contributed by atoms with Gasteiger partial charge in [0.1, 0.15) is 6.10 Å². The van der Waals surface area contributed by atoms with E-state index in [0.717, 1.165) is 6.42 Å². The number of ether oxygens (including phenoxy) is 1. The molecule has 0 aromatic heterocycles. The Balaban J connectivity index is 2.27. The van der Waals surface area contributed by atoms with Crippen LogP contribution in [-0.2, 0) is 9.53 Å². The molecular formula is C12H18O2. The second kappa shape index (κ2) is 2.62. The lowest BCUT2D eigenvalue weighted by molar-refractivity contribution is -0.151. The molecule has 0 aromatic carbocycles. The van der Waals surface area contributed by atoms with Crippen molar-refractivity contribution in [3.8, 4) is 0 Å². The molecule has 0 saturated heterocycles. The Morgan fingerprint density at radius 1 is 1.43 bits per heavy atom. The van der Waals surface area contributed by atoms with Crippen LogP contribution in [0.3, 0.4) is 0 Å². The number of hydrogen-bond acceptors (Lipinski definition) is 2. The summed E-state index contributed by atoms with van der Waals surface area (Å²) in [7, 11) is 0. The van der Waals surface area contributed by atoms with Gasteiger partial charge in [0.05, 0.1) is 0 Å². The SMILES string of the molecule is CC(=O)O[C@@H]1C[C@H]2C=C[C@]1(C)C2(C)C. The van der Waals surface area contributed by atoms with Crippen molar-refractivity contribution in [3.63, 3.8) is 0 Å². The monoisotopic (exact) mass is 194 g/mol.